The van der Waals surface area contributed by atoms with E-state index in [9.17, 15) is 4.79 Å². The minimum absolute atomic E-state index is 0.165. The number of para-hydroxylation sites is 1. The number of H-pyrrole nitrogens is 1. The second-order valence-electron chi connectivity index (χ2n) is 5.77. The van der Waals surface area contributed by atoms with Gasteiger partial charge in [0.15, 0.2) is 0 Å². The molecule has 5 heteroatoms. The van der Waals surface area contributed by atoms with E-state index in [1.165, 1.54) is 0 Å². The van der Waals surface area contributed by atoms with Gasteiger partial charge in [0.2, 0.25) is 0 Å². The molecule has 3 rings (SSSR count). The molecule has 0 aliphatic rings. The van der Waals surface area contributed by atoms with Crippen LogP contribution in [-0.4, -0.2) is 23.3 Å². The van der Waals surface area contributed by atoms with E-state index < -0.39 is 0 Å². The number of unbranched alkanes of at least 4 members (excludes halogenated alkanes) is 2. The molecule has 0 aliphatic carbocycles. The Morgan fingerprint density at radius 3 is 2.54 bits per heavy atom. The third-order valence-electron chi connectivity index (χ3n) is 4.07. The summed E-state index contributed by atoms with van der Waals surface area (Å²) in [6.45, 7) is 1.63. The third kappa shape index (κ3) is 3.46. The zero-order chi connectivity index (χ0) is 16.8. The fourth-order valence-corrected chi connectivity index (χ4v) is 2.83. The van der Waals surface area contributed by atoms with Crippen LogP contribution in [-0.2, 0) is 0 Å². The smallest absolute Gasteiger partial charge is 0.272 e. The number of hydrogen-bond donors (Lipinski definition) is 3. The van der Waals surface area contributed by atoms with Crippen LogP contribution in [0.1, 0.15) is 19.3 Å². The largest absolute Gasteiger partial charge is 0.384 e. The molecule has 0 unspecified atom stereocenters. The van der Waals surface area contributed by atoms with E-state index in [1.54, 1.807) is 0 Å². The Morgan fingerprint density at radius 2 is 1.71 bits per heavy atom. The molecule has 0 fully saturated rings. The van der Waals surface area contributed by atoms with Gasteiger partial charge >= 0.3 is 0 Å². The van der Waals surface area contributed by atoms with Crippen LogP contribution in [0.2, 0.25) is 0 Å². The number of rotatable bonds is 7. The number of hydrogen-bond acceptors (Lipinski definition) is 4. The van der Waals surface area contributed by atoms with E-state index in [2.05, 4.69) is 15.5 Å². The van der Waals surface area contributed by atoms with Gasteiger partial charge in [-0.05, 0) is 31.5 Å². The van der Waals surface area contributed by atoms with E-state index in [4.69, 9.17) is 5.73 Å². The van der Waals surface area contributed by atoms with Crippen LogP contribution in [0, 0.1) is 0 Å². The van der Waals surface area contributed by atoms with Gasteiger partial charge < -0.3 is 11.1 Å². The standard InChI is InChI=1S/C19H22N4O/c20-12-6-1-7-13-21-17-11-5-4-10-16(17)18-14-8-2-3-9-15(14)19(24)23-22-18/h2-5,8-11,21H,1,6-7,12-13,20H2,(H,23,24). The summed E-state index contributed by atoms with van der Waals surface area (Å²) in [4.78, 5) is 12.0. The van der Waals surface area contributed by atoms with Gasteiger partial charge in [-0.1, -0.05) is 42.8 Å². The molecule has 24 heavy (non-hydrogen) atoms. The average molecular weight is 322 g/mol. The van der Waals surface area contributed by atoms with Crippen LogP contribution < -0.4 is 16.6 Å². The highest BCUT2D eigenvalue weighted by Gasteiger charge is 2.11. The van der Waals surface area contributed by atoms with Gasteiger partial charge in [0.05, 0.1) is 5.39 Å². The van der Waals surface area contributed by atoms with Crippen LogP contribution in [0.4, 0.5) is 5.69 Å². The summed E-state index contributed by atoms with van der Waals surface area (Å²) in [5.74, 6) is 0. The molecule has 0 atom stereocenters. The molecule has 0 spiro atoms. The maximum absolute atomic E-state index is 12.0. The molecule has 2 aromatic carbocycles. The van der Waals surface area contributed by atoms with Crippen molar-refractivity contribution in [3.05, 3.63) is 58.9 Å². The van der Waals surface area contributed by atoms with Crippen LogP contribution >= 0.6 is 0 Å². The maximum atomic E-state index is 12.0. The summed E-state index contributed by atoms with van der Waals surface area (Å²) < 4.78 is 0. The molecule has 4 N–H and O–H groups in total. The number of anilines is 1. The second-order valence-corrected chi connectivity index (χ2v) is 5.77. The first-order chi connectivity index (χ1) is 11.8. The quantitative estimate of drug-likeness (QED) is 0.584. The number of nitrogens with two attached hydrogens (primary N) is 1. The second kappa shape index (κ2) is 7.75. The van der Waals surface area contributed by atoms with Crippen molar-refractivity contribution in [2.45, 2.75) is 19.3 Å². The van der Waals surface area contributed by atoms with Crippen LogP contribution in [0.15, 0.2) is 53.3 Å². The normalized spacial score (nSPS) is 10.9. The van der Waals surface area contributed by atoms with Crippen molar-refractivity contribution in [1.29, 1.82) is 0 Å². The number of nitrogens with one attached hydrogen (secondary N) is 2. The van der Waals surface area contributed by atoms with Crippen molar-refractivity contribution in [3.63, 3.8) is 0 Å². The minimum Gasteiger partial charge on any atom is -0.384 e. The van der Waals surface area contributed by atoms with Crippen molar-refractivity contribution in [3.8, 4) is 11.3 Å². The first-order valence-corrected chi connectivity index (χ1v) is 8.32. The molecule has 0 saturated heterocycles. The zero-order valence-corrected chi connectivity index (χ0v) is 13.6. The lowest BCUT2D eigenvalue weighted by Crippen LogP contribution is -2.10. The lowest BCUT2D eigenvalue weighted by molar-refractivity contribution is 0.707. The minimum atomic E-state index is -0.165. The summed E-state index contributed by atoms with van der Waals surface area (Å²) in [6.07, 6.45) is 3.24. The summed E-state index contributed by atoms with van der Waals surface area (Å²) in [6, 6.07) is 15.6. The van der Waals surface area contributed by atoms with Gasteiger partial charge in [-0.3, -0.25) is 4.79 Å². The molecule has 0 radical (unpaired) electrons. The van der Waals surface area contributed by atoms with Crippen LogP contribution in [0.25, 0.3) is 22.0 Å². The Bertz CT molecular complexity index is 872. The maximum Gasteiger partial charge on any atom is 0.272 e. The van der Waals surface area contributed by atoms with Crippen molar-refractivity contribution in [2.75, 3.05) is 18.4 Å². The summed E-state index contributed by atoms with van der Waals surface area (Å²) in [5.41, 5.74) is 8.16. The molecule has 0 amide bonds. The van der Waals surface area contributed by atoms with Crippen molar-refractivity contribution in [1.82, 2.24) is 10.2 Å². The molecule has 0 bridgehead atoms. The number of nitrogens with zero attached hydrogens (tertiary/aromatic N) is 1. The number of aromatic nitrogens is 2. The fourth-order valence-electron chi connectivity index (χ4n) is 2.83. The highest BCUT2D eigenvalue weighted by atomic mass is 16.1. The van der Waals surface area contributed by atoms with Crippen LogP contribution in [0.3, 0.4) is 0 Å². The Balaban J connectivity index is 1.93. The molecular weight excluding hydrogens is 300 g/mol. The highest BCUT2D eigenvalue weighted by Crippen LogP contribution is 2.30. The predicted octanol–water partition coefficient (Wildman–Crippen LogP) is 3.13. The fraction of sp³-hybridized carbons (Fsp3) is 0.263. The highest BCUT2D eigenvalue weighted by molar-refractivity contribution is 5.96. The number of benzene rings is 2. The van der Waals surface area contributed by atoms with Gasteiger partial charge in [-0.15, -0.1) is 0 Å². The monoisotopic (exact) mass is 322 g/mol. The summed E-state index contributed by atoms with van der Waals surface area (Å²) in [5, 5.41) is 11.9. The van der Waals surface area contributed by atoms with Crippen molar-refractivity contribution < 1.29 is 0 Å². The van der Waals surface area contributed by atoms with Gasteiger partial charge in [0, 0.05) is 23.2 Å². The predicted molar refractivity (Wildman–Crippen MR) is 99.2 cm³/mol. The molecule has 5 nitrogen and oxygen atoms in total. The van der Waals surface area contributed by atoms with Gasteiger partial charge in [-0.25, -0.2) is 5.10 Å². The van der Waals surface area contributed by atoms with E-state index in [0.29, 0.717) is 5.39 Å². The van der Waals surface area contributed by atoms with Gasteiger partial charge in [0.25, 0.3) is 5.56 Å². The lowest BCUT2D eigenvalue weighted by atomic mass is 10.0. The topological polar surface area (TPSA) is 83.8 Å². The zero-order valence-electron chi connectivity index (χ0n) is 13.6. The Labute approximate surface area is 140 Å². The molecule has 1 aromatic heterocycles. The van der Waals surface area contributed by atoms with E-state index in [0.717, 1.165) is 54.7 Å². The average Bonchev–Trinajstić information content (AvgIpc) is 2.63. The Kier molecular flexibility index (Phi) is 5.23. The van der Waals surface area contributed by atoms with Gasteiger partial charge in [-0.2, -0.15) is 5.10 Å². The molecule has 3 aromatic rings. The van der Waals surface area contributed by atoms with Gasteiger partial charge in [0.1, 0.15) is 5.69 Å². The Hall–Kier alpha value is -2.66. The number of aromatic amines is 1. The summed E-state index contributed by atoms with van der Waals surface area (Å²) >= 11 is 0. The SMILES string of the molecule is NCCCCCNc1ccccc1-c1n[nH]c(=O)c2ccccc12. The molecule has 124 valence electrons. The molecule has 0 saturated carbocycles. The van der Waals surface area contributed by atoms with Crippen molar-refractivity contribution in [2.24, 2.45) is 5.73 Å². The Morgan fingerprint density at radius 1 is 0.958 bits per heavy atom. The first-order valence-electron chi connectivity index (χ1n) is 8.32. The van der Waals surface area contributed by atoms with E-state index in [-0.39, 0.29) is 5.56 Å². The van der Waals surface area contributed by atoms with E-state index >= 15 is 0 Å². The first kappa shape index (κ1) is 16.2. The summed E-state index contributed by atoms with van der Waals surface area (Å²) in [7, 11) is 0. The van der Waals surface area contributed by atoms with Crippen LogP contribution in [0.5, 0.6) is 0 Å². The lowest BCUT2D eigenvalue weighted by Gasteiger charge is -2.13. The van der Waals surface area contributed by atoms with E-state index in [1.807, 2.05) is 48.5 Å². The number of fused-ring (bicyclic) bond motifs is 1. The molecular formula is C19H22N4O. The van der Waals surface area contributed by atoms with Crippen molar-refractivity contribution >= 4 is 16.5 Å². The molecule has 0 aliphatic heterocycles. The third-order valence-corrected chi connectivity index (χ3v) is 4.07. The molecule has 1 heterocycles.